The molecule has 0 aromatic heterocycles. The number of carbonyl (C=O) groups excluding carboxylic acids is 1. The minimum atomic E-state index is -3.74. The van der Waals surface area contributed by atoms with Gasteiger partial charge in [-0.25, -0.2) is 8.42 Å². The number of nitrogens with two attached hydrogens (primary N) is 1. The molecule has 0 fully saturated rings. The number of nitrogens with zero attached hydrogens (tertiary/aromatic N) is 1. The number of sulfonamides is 1. The highest BCUT2D eigenvalue weighted by Gasteiger charge is 2.36. The van der Waals surface area contributed by atoms with Crippen LogP contribution in [0.4, 0.5) is 0 Å². The smallest absolute Gasteiger partial charge is 0.244 e. The van der Waals surface area contributed by atoms with Crippen LogP contribution in [-0.2, 0) is 14.8 Å². The number of fused-ring (bicyclic) bond motifs is 1. The van der Waals surface area contributed by atoms with Gasteiger partial charge in [-0.15, -0.1) is 0 Å². The second kappa shape index (κ2) is 4.10. The van der Waals surface area contributed by atoms with Crippen LogP contribution in [-0.4, -0.2) is 36.8 Å². The molecule has 0 saturated heterocycles. The number of hydrogen-bond donors (Lipinski definition) is 2. The van der Waals surface area contributed by atoms with E-state index in [4.69, 9.17) is 5.73 Å². The molecule has 1 atom stereocenters. The van der Waals surface area contributed by atoms with Crippen molar-refractivity contribution in [1.29, 1.82) is 0 Å². The van der Waals surface area contributed by atoms with Crippen LogP contribution < -0.4 is 5.73 Å². The molecule has 0 radical (unpaired) electrons. The predicted molar refractivity (Wildman–Crippen MR) is 59.4 cm³/mol. The number of amides is 1. The first-order valence-electron chi connectivity index (χ1n) is 4.98. The fraction of sp³-hybridized carbons (Fsp3) is 0.300. The molecule has 7 heteroatoms. The van der Waals surface area contributed by atoms with Crippen molar-refractivity contribution in [3.05, 3.63) is 29.8 Å². The van der Waals surface area contributed by atoms with E-state index in [1.54, 1.807) is 18.2 Å². The largest absolute Gasteiger partial charge is 0.387 e. The molecule has 6 nitrogen and oxygen atoms in total. The lowest BCUT2D eigenvalue weighted by molar-refractivity contribution is -0.118. The number of carbonyl (C=O) groups is 1. The Morgan fingerprint density at radius 1 is 1.47 bits per heavy atom. The minimum absolute atomic E-state index is 0.0278. The van der Waals surface area contributed by atoms with Crippen molar-refractivity contribution in [2.24, 2.45) is 5.73 Å². The molecule has 1 aromatic rings. The Morgan fingerprint density at radius 3 is 2.76 bits per heavy atom. The second-order valence-corrected chi connectivity index (χ2v) is 5.72. The summed E-state index contributed by atoms with van der Waals surface area (Å²) in [5.74, 6) is -0.750. The molecule has 92 valence electrons. The monoisotopic (exact) mass is 256 g/mol. The molecule has 0 unspecified atom stereocenters. The summed E-state index contributed by atoms with van der Waals surface area (Å²) in [4.78, 5) is 10.8. The number of primary amides is 1. The summed E-state index contributed by atoms with van der Waals surface area (Å²) in [7, 11) is -3.74. The molecule has 2 rings (SSSR count). The number of β-amino-alcohol motifs (C(OH)–C–C–N with tert-alkyl or cyclic N) is 1. The lowest BCUT2D eigenvalue weighted by atomic mass is 10.1. The lowest BCUT2D eigenvalue weighted by Crippen LogP contribution is -2.44. The van der Waals surface area contributed by atoms with Crippen LogP contribution in [0.1, 0.15) is 11.7 Å². The maximum absolute atomic E-state index is 12.1. The van der Waals surface area contributed by atoms with Crippen LogP contribution >= 0.6 is 0 Å². The fourth-order valence-electron chi connectivity index (χ4n) is 1.84. The van der Waals surface area contributed by atoms with Gasteiger partial charge in [0.1, 0.15) is 0 Å². The summed E-state index contributed by atoms with van der Waals surface area (Å²) < 4.78 is 25.1. The third-order valence-corrected chi connectivity index (χ3v) is 4.49. The average molecular weight is 256 g/mol. The van der Waals surface area contributed by atoms with Gasteiger partial charge in [0.15, 0.2) is 0 Å². The van der Waals surface area contributed by atoms with Gasteiger partial charge in [0.25, 0.3) is 0 Å². The van der Waals surface area contributed by atoms with Gasteiger partial charge in [0.2, 0.25) is 15.9 Å². The van der Waals surface area contributed by atoms with E-state index in [2.05, 4.69) is 0 Å². The van der Waals surface area contributed by atoms with Gasteiger partial charge in [-0.1, -0.05) is 18.2 Å². The van der Waals surface area contributed by atoms with Crippen molar-refractivity contribution in [2.75, 3.05) is 13.1 Å². The van der Waals surface area contributed by atoms with E-state index in [0.717, 1.165) is 4.31 Å². The van der Waals surface area contributed by atoms with Gasteiger partial charge < -0.3 is 10.8 Å². The van der Waals surface area contributed by atoms with Crippen molar-refractivity contribution in [1.82, 2.24) is 4.31 Å². The van der Waals surface area contributed by atoms with Gasteiger partial charge in [-0.05, 0) is 6.07 Å². The minimum Gasteiger partial charge on any atom is -0.387 e. The van der Waals surface area contributed by atoms with E-state index in [1.165, 1.54) is 6.07 Å². The van der Waals surface area contributed by atoms with Gasteiger partial charge in [0.05, 0.1) is 17.5 Å². The van der Waals surface area contributed by atoms with E-state index >= 15 is 0 Å². The standard InChI is InChI=1S/C10H12N2O4S/c11-10(14)6-12-5-8(13)7-3-1-2-4-9(7)17(12,15)16/h1-4,8,13H,5-6H2,(H2,11,14)/t8-/m0/s1. The molecular weight excluding hydrogens is 244 g/mol. The SMILES string of the molecule is NC(=O)CN1C[C@H](O)c2ccccc2S1(=O)=O. The number of hydrogen-bond acceptors (Lipinski definition) is 4. The number of aliphatic hydroxyl groups excluding tert-OH is 1. The Labute approximate surface area is 98.7 Å². The van der Waals surface area contributed by atoms with Gasteiger partial charge >= 0.3 is 0 Å². The highest BCUT2D eigenvalue weighted by Crippen LogP contribution is 2.31. The van der Waals surface area contributed by atoms with Crippen LogP contribution in [0.3, 0.4) is 0 Å². The summed E-state index contributed by atoms with van der Waals surface area (Å²) in [6.45, 7) is -0.573. The van der Waals surface area contributed by atoms with Crippen LogP contribution in [0.25, 0.3) is 0 Å². The molecule has 0 saturated carbocycles. The van der Waals surface area contributed by atoms with Crippen molar-refractivity contribution in [2.45, 2.75) is 11.0 Å². The number of benzene rings is 1. The summed E-state index contributed by atoms with van der Waals surface area (Å²) in [5.41, 5.74) is 5.34. The maximum atomic E-state index is 12.1. The first kappa shape index (κ1) is 12.0. The summed E-state index contributed by atoms with van der Waals surface area (Å²) in [5, 5.41) is 9.82. The van der Waals surface area contributed by atoms with Crippen LogP contribution in [0.15, 0.2) is 29.2 Å². The Hall–Kier alpha value is -1.44. The highest BCUT2D eigenvalue weighted by atomic mass is 32.2. The lowest BCUT2D eigenvalue weighted by Gasteiger charge is -2.30. The maximum Gasteiger partial charge on any atom is 0.244 e. The summed E-state index contributed by atoms with van der Waals surface area (Å²) in [6.07, 6.45) is -0.936. The summed E-state index contributed by atoms with van der Waals surface area (Å²) >= 11 is 0. The molecular formula is C10H12N2O4S. The summed E-state index contributed by atoms with van der Waals surface area (Å²) in [6, 6.07) is 6.18. The topological polar surface area (TPSA) is 101 Å². The molecule has 3 N–H and O–H groups in total. The molecule has 1 aromatic carbocycles. The zero-order chi connectivity index (χ0) is 12.6. The normalized spacial score (nSPS) is 23.0. The van der Waals surface area contributed by atoms with E-state index in [-0.39, 0.29) is 11.4 Å². The number of aliphatic hydroxyl groups is 1. The molecule has 1 amide bonds. The first-order chi connectivity index (χ1) is 7.93. The highest BCUT2D eigenvalue weighted by molar-refractivity contribution is 7.89. The molecule has 0 aliphatic carbocycles. The first-order valence-corrected chi connectivity index (χ1v) is 6.42. The Balaban J connectivity index is 2.51. The predicted octanol–water partition coefficient (Wildman–Crippen LogP) is -0.790. The van der Waals surface area contributed by atoms with Gasteiger partial charge in [-0.3, -0.25) is 4.79 Å². The third kappa shape index (κ3) is 2.04. The molecule has 1 aliphatic heterocycles. The molecule has 1 aliphatic rings. The van der Waals surface area contributed by atoms with Crippen LogP contribution in [0, 0.1) is 0 Å². The Kier molecular flexibility index (Phi) is 2.90. The Bertz CT molecular complexity index is 555. The average Bonchev–Trinajstić information content (AvgIpc) is 2.26. The zero-order valence-electron chi connectivity index (χ0n) is 8.91. The van der Waals surface area contributed by atoms with Crippen molar-refractivity contribution in [3.63, 3.8) is 0 Å². The van der Waals surface area contributed by atoms with Crippen molar-refractivity contribution in [3.8, 4) is 0 Å². The second-order valence-electron chi connectivity index (χ2n) is 3.82. The van der Waals surface area contributed by atoms with Gasteiger partial charge in [-0.2, -0.15) is 4.31 Å². The fourth-order valence-corrected chi connectivity index (χ4v) is 3.51. The van der Waals surface area contributed by atoms with Crippen molar-refractivity contribution < 1.29 is 18.3 Å². The van der Waals surface area contributed by atoms with E-state index in [9.17, 15) is 18.3 Å². The van der Waals surface area contributed by atoms with Crippen LogP contribution in [0.2, 0.25) is 0 Å². The molecule has 17 heavy (non-hydrogen) atoms. The van der Waals surface area contributed by atoms with Crippen LogP contribution in [0.5, 0.6) is 0 Å². The van der Waals surface area contributed by atoms with E-state index in [1.807, 2.05) is 0 Å². The van der Waals surface area contributed by atoms with E-state index in [0.29, 0.717) is 5.56 Å². The Morgan fingerprint density at radius 2 is 2.12 bits per heavy atom. The zero-order valence-corrected chi connectivity index (χ0v) is 9.72. The molecule has 0 bridgehead atoms. The molecule has 1 heterocycles. The van der Waals surface area contributed by atoms with E-state index < -0.39 is 28.6 Å². The quantitative estimate of drug-likeness (QED) is 0.724. The van der Waals surface area contributed by atoms with Crippen molar-refractivity contribution >= 4 is 15.9 Å². The molecule has 0 spiro atoms. The van der Waals surface area contributed by atoms with Gasteiger partial charge in [0, 0.05) is 12.1 Å². The number of rotatable bonds is 2. The third-order valence-electron chi connectivity index (χ3n) is 2.60.